The Hall–Kier alpha value is -3.72. The molecule has 1 aliphatic rings. The molecule has 1 aliphatic heterocycles. The molecule has 156 valence electrons. The van der Waals surface area contributed by atoms with E-state index in [0.29, 0.717) is 16.5 Å². The number of hydrogen-bond acceptors (Lipinski definition) is 5. The lowest BCUT2D eigenvalue weighted by Crippen LogP contribution is -2.37. The predicted octanol–water partition coefficient (Wildman–Crippen LogP) is 3.13. The third kappa shape index (κ3) is 4.41. The van der Waals surface area contributed by atoms with Gasteiger partial charge in [-0.3, -0.25) is 24.1 Å². The molecule has 3 amide bonds. The highest BCUT2D eigenvalue weighted by Crippen LogP contribution is 2.31. The second-order valence-corrected chi connectivity index (χ2v) is 7.73. The summed E-state index contributed by atoms with van der Waals surface area (Å²) >= 11 is 0.786. The first-order valence-electron chi connectivity index (χ1n) is 9.33. The summed E-state index contributed by atoms with van der Waals surface area (Å²) in [6.07, 6.45) is 1.52. The number of aromatic nitrogens is 1. The maximum atomic E-state index is 13.0. The van der Waals surface area contributed by atoms with Gasteiger partial charge in [-0.1, -0.05) is 30.3 Å². The number of H-pyrrole nitrogens is 1. The zero-order valence-electron chi connectivity index (χ0n) is 16.1. The number of amides is 3. The number of thioether (sulfide) groups is 1. The lowest BCUT2D eigenvalue weighted by molar-refractivity contribution is -0.122. The first-order valence-corrected chi connectivity index (χ1v) is 10.2. The van der Waals surface area contributed by atoms with E-state index in [0.717, 1.165) is 16.7 Å². The molecule has 1 saturated heterocycles. The molecule has 2 aromatic carbocycles. The summed E-state index contributed by atoms with van der Waals surface area (Å²) in [6.45, 7) is 0.0140. The number of hydrogen-bond donors (Lipinski definition) is 2. The zero-order valence-corrected chi connectivity index (χ0v) is 16.9. The number of imide groups is 1. The van der Waals surface area contributed by atoms with Crippen molar-refractivity contribution in [3.8, 4) is 0 Å². The molecule has 4 rings (SSSR count). The molecule has 0 unspecified atom stereocenters. The summed E-state index contributed by atoms with van der Waals surface area (Å²) in [5.74, 6) is -1.35. The Kier molecular flexibility index (Phi) is 5.68. The van der Waals surface area contributed by atoms with Gasteiger partial charge in [-0.25, -0.2) is 4.39 Å². The summed E-state index contributed by atoms with van der Waals surface area (Å²) in [4.78, 5) is 53.1. The van der Waals surface area contributed by atoms with Crippen molar-refractivity contribution < 1.29 is 18.8 Å². The number of aromatic amines is 1. The third-order valence-electron chi connectivity index (χ3n) is 4.66. The Balaban J connectivity index is 1.42. The maximum Gasteiger partial charge on any atom is 0.293 e. The SMILES string of the molecule is O=C(NCCN1C(=O)S/C(=C/c2ccc(F)cc2)C1=O)c1cc(=O)[nH]c2ccccc12. The lowest BCUT2D eigenvalue weighted by Gasteiger charge is -2.13. The molecular formula is C22H16FN3O4S. The summed E-state index contributed by atoms with van der Waals surface area (Å²) in [7, 11) is 0. The van der Waals surface area contributed by atoms with Gasteiger partial charge >= 0.3 is 0 Å². The minimum Gasteiger partial charge on any atom is -0.350 e. The van der Waals surface area contributed by atoms with E-state index in [1.807, 2.05) is 0 Å². The van der Waals surface area contributed by atoms with Crippen LogP contribution >= 0.6 is 11.8 Å². The minimum absolute atomic E-state index is 0.0156. The van der Waals surface area contributed by atoms with Crippen molar-refractivity contribution in [1.82, 2.24) is 15.2 Å². The van der Waals surface area contributed by atoms with Crippen molar-refractivity contribution in [3.63, 3.8) is 0 Å². The molecule has 0 radical (unpaired) electrons. The van der Waals surface area contributed by atoms with Gasteiger partial charge in [0.1, 0.15) is 5.82 Å². The normalized spacial score (nSPS) is 15.1. The van der Waals surface area contributed by atoms with Crippen molar-refractivity contribution in [2.24, 2.45) is 0 Å². The fraction of sp³-hybridized carbons (Fsp3) is 0.0909. The highest BCUT2D eigenvalue weighted by Gasteiger charge is 2.34. The molecule has 0 aliphatic carbocycles. The van der Waals surface area contributed by atoms with E-state index in [9.17, 15) is 23.6 Å². The molecule has 31 heavy (non-hydrogen) atoms. The van der Waals surface area contributed by atoms with Gasteiger partial charge in [0.25, 0.3) is 17.1 Å². The molecule has 2 heterocycles. The van der Waals surface area contributed by atoms with Crippen molar-refractivity contribution in [1.29, 1.82) is 0 Å². The van der Waals surface area contributed by atoms with Crippen LogP contribution in [-0.2, 0) is 4.79 Å². The Morgan fingerprint density at radius 1 is 1.10 bits per heavy atom. The fourth-order valence-corrected chi connectivity index (χ4v) is 4.04. The van der Waals surface area contributed by atoms with E-state index >= 15 is 0 Å². The van der Waals surface area contributed by atoms with E-state index in [-0.39, 0.29) is 23.6 Å². The van der Waals surface area contributed by atoms with E-state index < -0.39 is 28.4 Å². The molecule has 7 nitrogen and oxygen atoms in total. The molecule has 0 saturated carbocycles. The zero-order chi connectivity index (χ0) is 22.0. The number of carbonyl (C=O) groups excluding carboxylic acids is 3. The quantitative estimate of drug-likeness (QED) is 0.598. The monoisotopic (exact) mass is 437 g/mol. The third-order valence-corrected chi connectivity index (χ3v) is 5.56. The van der Waals surface area contributed by atoms with Gasteiger partial charge in [-0.15, -0.1) is 0 Å². The van der Waals surface area contributed by atoms with Crippen LogP contribution in [0.1, 0.15) is 15.9 Å². The topological polar surface area (TPSA) is 99.3 Å². The first kappa shape index (κ1) is 20.5. The van der Waals surface area contributed by atoms with Crippen LogP contribution in [0.2, 0.25) is 0 Å². The van der Waals surface area contributed by atoms with Crippen molar-refractivity contribution >= 4 is 45.8 Å². The molecule has 0 bridgehead atoms. The van der Waals surface area contributed by atoms with Crippen LogP contribution in [0.3, 0.4) is 0 Å². The van der Waals surface area contributed by atoms with Crippen LogP contribution in [0.4, 0.5) is 9.18 Å². The predicted molar refractivity (Wildman–Crippen MR) is 116 cm³/mol. The summed E-state index contributed by atoms with van der Waals surface area (Å²) < 4.78 is 13.0. The second-order valence-electron chi connectivity index (χ2n) is 6.73. The second kappa shape index (κ2) is 8.57. The van der Waals surface area contributed by atoms with Gasteiger partial charge in [-0.05, 0) is 41.6 Å². The number of carbonyl (C=O) groups is 3. The van der Waals surface area contributed by atoms with Crippen LogP contribution in [0, 0.1) is 5.82 Å². The number of fused-ring (bicyclic) bond motifs is 1. The highest BCUT2D eigenvalue weighted by atomic mass is 32.2. The van der Waals surface area contributed by atoms with Gasteiger partial charge < -0.3 is 10.3 Å². The van der Waals surface area contributed by atoms with Gasteiger partial charge in [0.15, 0.2) is 0 Å². The minimum atomic E-state index is -0.477. The molecule has 0 atom stereocenters. The lowest BCUT2D eigenvalue weighted by atomic mass is 10.1. The molecule has 0 spiro atoms. The number of halogens is 1. The van der Waals surface area contributed by atoms with Crippen LogP contribution in [-0.4, -0.2) is 40.0 Å². The van der Waals surface area contributed by atoms with Crippen LogP contribution in [0.15, 0.2) is 64.3 Å². The first-order chi connectivity index (χ1) is 14.9. The number of para-hydroxylation sites is 1. The number of nitrogens with zero attached hydrogens (tertiary/aromatic N) is 1. The molecule has 2 N–H and O–H groups in total. The van der Waals surface area contributed by atoms with Crippen molar-refractivity contribution in [2.75, 3.05) is 13.1 Å². The number of benzene rings is 2. The Labute approximate surface area is 179 Å². The molecule has 1 aromatic heterocycles. The van der Waals surface area contributed by atoms with Gasteiger partial charge in [0.05, 0.1) is 10.5 Å². The van der Waals surface area contributed by atoms with Gasteiger partial charge in [0.2, 0.25) is 5.56 Å². The number of pyridine rings is 1. The number of rotatable bonds is 5. The Morgan fingerprint density at radius 2 is 1.84 bits per heavy atom. The van der Waals surface area contributed by atoms with Crippen molar-refractivity contribution in [2.45, 2.75) is 0 Å². The van der Waals surface area contributed by atoms with E-state index in [4.69, 9.17) is 0 Å². The van der Waals surface area contributed by atoms with Crippen molar-refractivity contribution in [3.05, 3.63) is 86.8 Å². The van der Waals surface area contributed by atoms with Gasteiger partial charge in [-0.2, -0.15) is 0 Å². The van der Waals surface area contributed by atoms with Crippen LogP contribution in [0.25, 0.3) is 17.0 Å². The average molecular weight is 437 g/mol. The van der Waals surface area contributed by atoms with E-state index in [2.05, 4.69) is 10.3 Å². The van der Waals surface area contributed by atoms with E-state index in [1.165, 1.54) is 36.4 Å². The molecule has 9 heteroatoms. The largest absolute Gasteiger partial charge is 0.350 e. The standard InChI is InChI=1S/C22H16FN3O4S/c23-14-7-5-13(6-8-14)11-18-21(29)26(22(30)31-18)10-9-24-20(28)16-12-19(27)25-17-4-2-1-3-15(16)17/h1-8,11-12H,9-10H2,(H,24,28)(H,25,27)/b18-11+. The summed E-state index contributed by atoms with van der Waals surface area (Å²) in [5, 5.41) is 2.79. The van der Waals surface area contributed by atoms with Gasteiger partial charge in [0, 0.05) is 30.1 Å². The average Bonchev–Trinajstić information content (AvgIpc) is 3.02. The van der Waals surface area contributed by atoms with Crippen LogP contribution < -0.4 is 10.9 Å². The summed E-state index contributed by atoms with van der Waals surface area (Å²) in [5.41, 5.74) is 0.948. The highest BCUT2D eigenvalue weighted by molar-refractivity contribution is 8.18. The molecule has 1 fully saturated rings. The Morgan fingerprint density at radius 3 is 2.61 bits per heavy atom. The maximum absolute atomic E-state index is 13.0. The number of nitrogens with one attached hydrogen (secondary N) is 2. The fourth-order valence-electron chi connectivity index (χ4n) is 3.17. The smallest absolute Gasteiger partial charge is 0.293 e. The molecular weight excluding hydrogens is 421 g/mol. The van der Waals surface area contributed by atoms with Crippen LogP contribution in [0.5, 0.6) is 0 Å². The Bertz CT molecular complexity index is 1280. The summed E-state index contributed by atoms with van der Waals surface area (Å²) in [6, 6.07) is 13.7. The van der Waals surface area contributed by atoms with E-state index in [1.54, 1.807) is 24.3 Å². The molecule has 3 aromatic rings.